The third-order valence-corrected chi connectivity index (χ3v) is 3.93. The van der Waals surface area contributed by atoms with Crippen molar-refractivity contribution in [3.05, 3.63) is 23.8 Å². The van der Waals surface area contributed by atoms with E-state index in [1.54, 1.807) is 20.3 Å². The van der Waals surface area contributed by atoms with Crippen LogP contribution in [0.2, 0.25) is 0 Å². The number of likely N-dealkylation sites (tertiary alicyclic amines) is 1. The van der Waals surface area contributed by atoms with E-state index in [0.29, 0.717) is 36.5 Å². The van der Waals surface area contributed by atoms with Gasteiger partial charge in [-0.1, -0.05) is 0 Å². The Kier molecular flexibility index (Phi) is 5.59. The number of aliphatic hydroxyl groups is 1. The van der Waals surface area contributed by atoms with Crippen molar-refractivity contribution in [3.8, 4) is 11.5 Å². The van der Waals surface area contributed by atoms with Gasteiger partial charge in [-0.2, -0.15) is 0 Å². The minimum Gasteiger partial charge on any atom is -0.497 e. The fourth-order valence-electron chi connectivity index (χ4n) is 2.58. The van der Waals surface area contributed by atoms with Crippen LogP contribution in [0.25, 0.3) is 0 Å². The minimum atomic E-state index is -0.580. The minimum absolute atomic E-state index is 0.337. The van der Waals surface area contributed by atoms with Crippen LogP contribution >= 0.6 is 0 Å². The Labute approximate surface area is 125 Å². The molecular formula is C16H23NO4. The number of carbonyl (C=O) groups is 1. The third-order valence-electron chi connectivity index (χ3n) is 3.93. The number of ketones is 1. The summed E-state index contributed by atoms with van der Waals surface area (Å²) in [7, 11) is 3.18. The van der Waals surface area contributed by atoms with Crippen molar-refractivity contribution in [2.75, 3.05) is 33.9 Å². The van der Waals surface area contributed by atoms with Crippen LogP contribution in [-0.2, 0) is 4.79 Å². The Balaban J connectivity index is 1.93. The van der Waals surface area contributed by atoms with Crippen LogP contribution < -0.4 is 9.47 Å². The highest BCUT2D eigenvalue weighted by Crippen LogP contribution is 2.31. The topological polar surface area (TPSA) is 59.0 Å². The lowest BCUT2D eigenvalue weighted by molar-refractivity contribution is -0.121. The molecule has 1 saturated heterocycles. The summed E-state index contributed by atoms with van der Waals surface area (Å²) in [5.74, 6) is 1.68. The fraction of sp³-hybridized carbons (Fsp3) is 0.562. The molecule has 0 aliphatic carbocycles. The standard InChI is InChI=1S/C16H23NO4/c1-20-13-3-4-14(16(11-13)21-2)15(19)7-10-17-8-5-12(18)6-9-17/h3-4,11,15,19H,5-10H2,1-2H3. The number of aliphatic hydroxyl groups excluding tert-OH is 1. The lowest BCUT2D eigenvalue weighted by atomic mass is 10.0. The Bertz CT molecular complexity index is 479. The number of methoxy groups -OCH3 is 2. The highest BCUT2D eigenvalue weighted by molar-refractivity contribution is 5.79. The highest BCUT2D eigenvalue weighted by Gasteiger charge is 2.19. The highest BCUT2D eigenvalue weighted by atomic mass is 16.5. The van der Waals surface area contributed by atoms with Crippen molar-refractivity contribution in [2.45, 2.75) is 25.4 Å². The van der Waals surface area contributed by atoms with Crippen molar-refractivity contribution in [3.63, 3.8) is 0 Å². The first kappa shape index (κ1) is 15.8. The maximum atomic E-state index is 11.2. The molecular weight excluding hydrogens is 270 g/mol. The van der Waals surface area contributed by atoms with Gasteiger partial charge in [0, 0.05) is 44.1 Å². The number of hydrogen-bond acceptors (Lipinski definition) is 5. The zero-order valence-corrected chi connectivity index (χ0v) is 12.7. The lowest BCUT2D eigenvalue weighted by Gasteiger charge is -2.27. The molecule has 116 valence electrons. The van der Waals surface area contributed by atoms with Crippen LogP contribution in [0.3, 0.4) is 0 Å². The summed E-state index contributed by atoms with van der Waals surface area (Å²) in [6, 6.07) is 5.43. The van der Waals surface area contributed by atoms with Crippen molar-refractivity contribution >= 4 is 5.78 Å². The summed E-state index contributed by atoms with van der Waals surface area (Å²) in [5.41, 5.74) is 0.770. The second-order valence-electron chi connectivity index (χ2n) is 5.29. The monoisotopic (exact) mass is 293 g/mol. The molecule has 1 aromatic rings. The summed E-state index contributed by atoms with van der Waals surface area (Å²) in [4.78, 5) is 13.4. The molecule has 0 amide bonds. The van der Waals surface area contributed by atoms with Crippen LogP contribution in [0.15, 0.2) is 18.2 Å². The van der Waals surface area contributed by atoms with E-state index in [4.69, 9.17) is 9.47 Å². The first-order valence-corrected chi connectivity index (χ1v) is 7.28. The van der Waals surface area contributed by atoms with E-state index in [9.17, 15) is 9.90 Å². The number of ether oxygens (including phenoxy) is 2. The zero-order chi connectivity index (χ0) is 15.2. The zero-order valence-electron chi connectivity index (χ0n) is 12.7. The Hall–Kier alpha value is -1.59. The Morgan fingerprint density at radius 1 is 1.24 bits per heavy atom. The van der Waals surface area contributed by atoms with Crippen LogP contribution in [0.4, 0.5) is 0 Å². The molecule has 5 nitrogen and oxygen atoms in total. The molecule has 1 aromatic carbocycles. The summed E-state index contributed by atoms with van der Waals surface area (Å²) in [5, 5.41) is 10.4. The second-order valence-corrected chi connectivity index (χ2v) is 5.29. The number of hydrogen-bond donors (Lipinski definition) is 1. The molecule has 0 aromatic heterocycles. The Morgan fingerprint density at radius 2 is 1.95 bits per heavy atom. The van der Waals surface area contributed by atoms with Crippen LogP contribution in [-0.4, -0.2) is 49.6 Å². The van der Waals surface area contributed by atoms with Crippen LogP contribution in [0, 0.1) is 0 Å². The molecule has 1 fully saturated rings. The number of benzene rings is 1. The van der Waals surface area contributed by atoms with Crippen molar-refractivity contribution in [2.24, 2.45) is 0 Å². The van der Waals surface area contributed by atoms with E-state index in [1.807, 2.05) is 12.1 Å². The van der Waals surface area contributed by atoms with Gasteiger partial charge < -0.3 is 19.5 Å². The van der Waals surface area contributed by atoms with Crippen molar-refractivity contribution < 1.29 is 19.4 Å². The normalized spacial score (nSPS) is 17.6. The first-order valence-electron chi connectivity index (χ1n) is 7.28. The predicted octanol–water partition coefficient (Wildman–Crippen LogP) is 1.79. The lowest BCUT2D eigenvalue weighted by Crippen LogP contribution is -2.35. The SMILES string of the molecule is COc1ccc(C(O)CCN2CCC(=O)CC2)c(OC)c1. The third kappa shape index (κ3) is 4.19. The summed E-state index contributed by atoms with van der Waals surface area (Å²) < 4.78 is 10.5. The van der Waals surface area contributed by atoms with E-state index in [0.717, 1.165) is 25.2 Å². The van der Waals surface area contributed by atoms with E-state index in [-0.39, 0.29) is 0 Å². The molecule has 1 unspecified atom stereocenters. The first-order chi connectivity index (χ1) is 10.1. The van der Waals surface area contributed by atoms with Gasteiger partial charge in [-0.3, -0.25) is 4.79 Å². The Morgan fingerprint density at radius 3 is 2.57 bits per heavy atom. The molecule has 1 atom stereocenters. The van der Waals surface area contributed by atoms with Crippen LogP contribution in [0.5, 0.6) is 11.5 Å². The van der Waals surface area contributed by atoms with E-state index < -0.39 is 6.10 Å². The van der Waals surface area contributed by atoms with Gasteiger partial charge in [0.25, 0.3) is 0 Å². The van der Waals surface area contributed by atoms with E-state index in [2.05, 4.69) is 4.90 Å². The van der Waals surface area contributed by atoms with Gasteiger partial charge in [0.1, 0.15) is 17.3 Å². The number of Topliss-reactive ketones (excluding diaryl/α,β-unsaturated/α-hetero) is 1. The van der Waals surface area contributed by atoms with Gasteiger partial charge in [-0.05, 0) is 18.6 Å². The van der Waals surface area contributed by atoms with Gasteiger partial charge in [0.2, 0.25) is 0 Å². The number of rotatable bonds is 6. The molecule has 1 heterocycles. The van der Waals surface area contributed by atoms with Gasteiger partial charge in [0.05, 0.1) is 20.3 Å². The maximum Gasteiger partial charge on any atom is 0.135 e. The molecule has 0 radical (unpaired) electrons. The molecule has 2 rings (SSSR count). The molecule has 0 saturated carbocycles. The van der Waals surface area contributed by atoms with Crippen LogP contribution in [0.1, 0.15) is 30.9 Å². The fourth-order valence-corrected chi connectivity index (χ4v) is 2.58. The predicted molar refractivity (Wildman–Crippen MR) is 79.8 cm³/mol. The number of piperidine rings is 1. The van der Waals surface area contributed by atoms with Crippen molar-refractivity contribution in [1.82, 2.24) is 4.90 Å². The summed E-state index contributed by atoms with van der Waals surface area (Å²) >= 11 is 0. The van der Waals surface area contributed by atoms with Gasteiger partial charge >= 0.3 is 0 Å². The number of nitrogens with zero attached hydrogens (tertiary/aromatic N) is 1. The van der Waals surface area contributed by atoms with Gasteiger partial charge in [-0.25, -0.2) is 0 Å². The largest absolute Gasteiger partial charge is 0.497 e. The average molecular weight is 293 g/mol. The molecule has 0 spiro atoms. The van der Waals surface area contributed by atoms with E-state index >= 15 is 0 Å². The molecule has 21 heavy (non-hydrogen) atoms. The van der Waals surface area contributed by atoms with Gasteiger partial charge in [-0.15, -0.1) is 0 Å². The quantitative estimate of drug-likeness (QED) is 0.866. The smallest absolute Gasteiger partial charge is 0.135 e. The molecule has 5 heteroatoms. The number of carbonyl (C=O) groups excluding carboxylic acids is 1. The van der Waals surface area contributed by atoms with Gasteiger partial charge in [0.15, 0.2) is 0 Å². The molecule has 1 aliphatic rings. The van der Waals surface area contributed by atoms with Crippen molar-refractivity contribution in [1.29, 1.82) is 0 Å². The van der Waals surface area contributed by atoms with E-state index in [1.165, 1.54) is 0 Å². The summed E-state index contributed by atoms with van der Waals surface area (Å²) in [6.45, 7) is 2.38. The maximum absolute atomic E-state index is 11.2. The molecule has 1 aliphatic heterocycles. The molecule has 1 N–H and O–H groups in total. The average Bonchev–Trinajstić information content (AvgIpc) is 2.53. The summed E-state index contributed by atoms with van der Waals surface area (Å²) in [6.07, 6.45) is 1.30. The molecule has 0 bridgehead atoms. The second kappa shape index (κ2) is 7.43.